The predicted molar refractivity (Wildman–Crippen MR) is 91.8 cm³/mol. The Kier molecular flexibility index (Phi) is 5.03. The average molecular weight is 387 g/mol. The lowest BCUT2D eigenvalue weighted by Gasteiger charge is -2.18. The van der Waals surface area contributed by atoms with Crippen LogP contribution in [0.2, 0.25) is 0 Å². The zero-order valence-corrected chi connectivity index (χ0v) is 15.2. The van der Waals surface area contributed by atoms with Crippen molar-refractivity contribution < 1.29 is 0 Å². The Morgan fingerprint density at radius 1 is 1.33 bits per heavy atom. The van der Waals surface area contributed by atoms with Gasteiger partial charge in [-0.3, -0.25) is 0 Å². The third-order valence-corrected chi connectivity index (χ3v) is 6.97. The molecule has 2 aromatic heterocycles. The summed E-state index contributed by atoms with van der Waals surface area (Å²) in [6.45, 7) is 3.09. The minimum Gasteiger partial charge on any atom is -0.327 e. The molecule has 2 N–H and O–H groups in total. The van der Waals surface area contributed by atoms with E-state index in [2.05, 4.69) is 49.8 Å². The smallest absolute Gasteiger partial charge is 0.191 e. The van der Waals surface area contributed by atoms with Crippen LogP contribution in [0.4, 0.5) is 0 Å². The Labute approximate surface area is 141 Å². The Balaban J connectivity index is 1.85. The summed E-state index contributed by atoms with van der Waals surface area (Å²) in [4.78, 5) is 1.29. The third kappa shape index (κ3) is 3.52. The highest BCUT2D eigenvalue weighted by atomic mass is 79.9. The van der Waals surface area contributed by atoms with Crippen molar-refractivity contribution in [3.05, 3.63) is 26.6 Å². The second kappa shape index (κ2) is 6.81. The molecule has 0 fully saturated rings. The first kappa shape index (κ1) is 15.5. The number of rotatable bonds is 4. The highest BCUT2D eigenvalue weighted by Crippen LogP contribution is 2.41. The summed E-state index contributed by atoms with van der Waals surface area (Å²) >= 11 is 7.03. The fraction of sp³-hybridized carbons (Fsp3) is 0.571. The van der Waals surface area contributed by atoms with Gasteiger partial charge in [0.15, 0.2) is 5.16 Å². The maximum atomic E-state index is 6.21. The van der Waals surface area contributed by atoms with Gasteiger partial charge < -0.3 is 10.3 Å². The lowest BCUT2D eigenvalue weighted by Crippen LogP contribution is -2.22. The van der Waals surface area contributed by atoms with Gasteiger partial charge in [0.2, 0.25) is 0 Å². The van der Waals surface area contributed by atoms with E-state index in [1.54, 1.807) is 23.1 Å². The topological polar surface area (TPSA) is 56.7 Å². The van der Waals surface area contributed by atoms with E-state index < -0.39 is 0 Å². The third-order valence-electron chi connectivity index (χ3n) is 3.66. The van der Waals surface area contributed by atoms with Crippen molar-refractivity contribution in [3.8, 4) is 0 Å². The summed E-state index contributed by atoms with van der Waals surface area (Å²) < 4.78 is 3.43. The molecule has 0 saturated carbocycles. The number of fused-ring (bicyclic) bond motifs is 1. The van der Waals surface area contributed by atoms with Crippen molar-refractivity contribution in [2.24, 2.45) is 5.73 Å². The average Bonchev–Trinajstić information content (AvgIpc) is 2.95. The van der Waals surface area contributed by atoms with Crippen molar-refractivity contribution in [2.75, 3.05) is 0 Å². The molecular weight excluding hydrogens is 368 g/mol. The number of hydrogen-bond donors (Lipinski definition) is 1. The van der Waals surface area contributed by atoms with Gasteiger partial charge in [-0.25, -0.2) is 0 Å². The van der Waals surface area contributed by atoms with E-state index in [0.29, 0.717) is 0 Å². The molecule has 4 nitrogen and oxygen atoms in total. The molecule has 2 aromatic rings. The van der Waals surface area contributed by atoms with Crippen LogP contribution in [-0.2, 0) is 13.0 Å². The first-order chi connectivity index (χ1) is 10.1. The van der Waals surface area contributed by atoms with Gasteiger partial charge in [-0.05, 0) is 47.8 Å². The van der Waals surface area contributed by atoms with E-state index in [9.17, 15) is 0 Å². The maximum Gasteiger partial charge on any atom is 0.191 e. The van der Waals surface area contributed by atoms with Crippen LogP contribution in [0, 0.1) is 0 Å². The molecule has 21 heavy (non-hydrogen) atoms. The molecule has 2 unspecified atom stereocenters. The number of aryl methyl sites for hydroxylation is 1. The quantitative estimate of drug-likeness (QED) is 0.806. The number of halogens is 1. The fourth-order valence-corrected chi connectivity index (χ4v) is 5.42. The van der Waals surface area contributed by atoms with E-state index in [-0.39, 0.29) is 11.3 Å². The van der Waals surface area contributed by atoms with Crippen molar-refractivity contribution in [1.29, 1.82) is 0 Å². The number of thioether (sulfide) groups is 1. The SMILES string of the molecule is CC(N)C(Sc1nnc2n1CCCCC2)c1ccc(Br)s1. The Morgan fingerprint density at radius 3 is 2.90 bits per heavy atom. The Hall–Kier alpha value is -0.370. The second-order valence-corrected chi connectivity index (χ2v) is 9.00. The standard InChI is InChI=1S/C14H19BrN4S2/c1-9(16)13(10-6-7-11(15)20-10)21-14-18-17-12-5-3-2-4-8-19(12)14/h6-7,9,13H,2-5,8,16H2,1H3. The van der Waals surface area contributed by atoms with Crippen molar-refractivity contribution in [2.45, 2.75) is 55.6 Å². The Morgan fingerprint density at radius 2 is 2.19 bits per heavy atom. The molecule has 2 atom stereocenters. The van der Waals surface area contributed by atoms with Crippen molar-refractivity contribution in [1.82, 2.24) is 14.8 Å². The van der Waals surface area contributed by atoms with Gasteiger partial charge in [0, 0.05) is 23.9 Å². The van der Waals surface area contributed by atoms with E-state index in [0.717, 1.165) is 27.7 Å². The number of hydrogen-bond acceptors (Lipinski definition) is 5. The van der Waals surface area contributed by atoms with Crippen molar-refractivity contribution in [3.63, 3.8) is 0 Å². The number of nitrogens with two attached hydrogens (primary N) is 1. The number of aromatic nitrogens is 3. The second-order valence-electron chi connectivity index (χ2n) is 5.40. The minimum atomic E-state index is 0.0688. The number of nitrogens with zero attached hydrogens (tertiary/aromatic N) is 3. The van der Waals surface area contributed by atoms with Crippen LogP contribution in [0.1, 0.15) is 42.1 Å². The summed E-state index contributed by atoms with van der Waals surface area (Å²) in [6.07, 6.45) is 4.76. The van der Waals surface area contributed by atoms with Gasteiger partial charge in [-0.15, -0.1) is 21.5 Å². The fourth-order valence-electron chi connectivity index (χ4n) is 2.56. The molecule has 7 heteroatoms. The van der Waals surface area contributed by atoms with Gasteiger partial charge in [-0.1, -0.05) is 18.2 Å². The van der Waals surface area contributed by atoms with Gasteiger partial charge >= 0.3 is 0 Å². The molecule has 3 heterocycles. The highest BCUT2D eigenvalue weighted by Gasteiger charge is 2.24. The van der Waals surface area contributed by atoms with Crippen LogP contribution >= 0.6 is 39.0 Å². The summed E-state index contributed by atoms with van der Waals surface area (Å²) in [5.74, 6) is 1.13. The molecule has 0 aliphatic carbocycles. The first-order valence-corrected chi connectivity index (χ1v) is 9.73. The first-order valence-electron chi connectivity index (χ1n) is 7.24. The summed E-state index contributed by atoms with van der Waals surface area (Å²) in [6, 6.07) is 4.30. The zero-order chi connectivity index (χ0) is 14.8. The summed E-state index contributed by atoms with van der Waals surface area (Å²) in [5.41, 5.74) is 6.21. The molecule has 0 bridgehead atoms. The van der Waals surface area contributed by atoms with E-state index >= 15 is 0 Å². The molecule has 114 valence electrons. The van der Waals surface area contributed by atoms with Crippen LogP contribution in [-0.4, -0.2) is 20.8 Å². The minimum absolute atomic E-state index is 0.0688. The van der Waals surface area contributed by atoms with Gasteiger partial charge in [0.1, 0.15) is 5.82 Å². The molecule has 0 radical (unpaired) electrons. The Bertz CT molecular complexity index is 608. The van der Waals surface area contributed by atoms with E-state index in [1.807, 2.05) is 0 Å². The largest absolute Gasteiger partial charge is 0.327 e. The predicted octanol–water partition coefficient (Wildman–Crippen LogP) is 4.01. The van der Waals surface area contributed by atoms with E-state index in [1.165, 1.54) is 24.1 Å². The number of thiophene rings is 1. The molecular formula is C14H19BrN4S2. The van der Waals surface area contributed by atoms with E-state index in [4.69, 9.17) is 5.73 Å². The maximum absolute atomic E-state index is 6.21. The molecule has 0 saturated heterocycles. The van der Waals surface area contributed by atoms with Crippen LogP contribution in [0.25, 0.3) is 0 Å². The van der Waals surface area contributed by atoms with Gasteiger partial charge in [0.25, 0.3) is 0 Å². The molecule has 1 aliphatic heterocycles. The van der Waals surface area contributed by atoms with Crippen LogP contribution in [0.3, 0.4) is 0 Å². The zero-order valence-electron chi connectivity index (χ0n) is 12.0. The molecule has 0 spiro atoms. The molecule has 3 rings (SSSR count). The van der Waals surface area contributed by atoms with Crippen LogP contribution in [0.5, 0.6) is 0 Å². The lowest BCUT2D eigenvalue weighted by molar-refractivity contribution is 0.588. The van der Waals surface area contributed by atoms with Gasteiger partial charge in [-0.2, -0.15) is 0 Å². The molecule has 1 aliphatic rings. The lowest BCUT2D eigenvalue weighted by atomic mass is 10.2. The summed E-state index contributed by atoms with van der Waals surface area (Å²) in [7, 11) is 0. The van der Waals surface area contributed by atoms with Crippen LogP contribution < -0.4 is 5.73 Å². The van der Waals surface area contributed by atoms with Gasteiger partial charge in [0.05, 0.1) is 9.04 Å². The van der Waals surface area contributed by atoms with Crippen LogP contribution in [0.15, 0.2) is 21.1 Å². The normalized spacial score (nSPS) is 18.0. The van der Waals surface area contributed by atoms with Crippen molar-refractivity contribution >= 4 is 39.0 Å². The molecule has 0 aromatic carbocycles. The highest BCUT2D eigenvalue weighted by molar-refractivity contribution is 9.11. The summed E-state index contributed by atoms with van der Waals surface area (Å²) in [5, 5.41) is 10.0. The monoisotopic (exact) mass is 386 g/mol. The molecule has 0 amide bonds.